The van der Waals surface area contributed by atoms with E-state index in [9.17, 15) is 22.8 Å². The summed E-state index contributed by atoms with van der Waals surface area (Å²) in [6, 6.07) is 12.8. The number of nitrogen functional groups attached to an aromatic ring is 1. The normalized spacial score (nSPS) is 13.8. The van der Waals surface area contributed by atoms with E-state index in [1.54, 1.807) is 30.3 Å². The molecule has 7 nitrogen and oxygen atoms in total. The van der Waals surface area contributed by atoms with Gasteiger partial charge in [0.2, 0.25) is 0 Å². The van der Waals surface area contributed by atoms with Crippen LogP contribution < -0.4 is 16.2 Å². The number of benzene rings is 2. The average Bonchev–Trinajstić information content (AvgIpc) is 3.28. The number of nitrogens with zero attached hydrogens (tertiary/aromatic N) is 3. The zero-order valence-corrected chi connectivity index (χ0v) is 16.7. The molecule has 0 bridgehead atoms. The molecule has 4 aromatic rings. The van der Waals surface area contributed by atoms with Crippen LogP contribution in [0.15, 0.2) is 53.3 Å². The Bertz CT molecular complexity index is 1450. The Morgan fingerprint density at radius 2 is 1.81 bits per heavy atom. The molecule has 1 amide bonds. The summed E-state index contributed by atoms with van der Waals surface area (Å²) in [5.41, 5.74) is 5.31. The van der Waals surface area contributed by atoms with Crippen LogP contribution in [0.4, 0.5) is 24.5 Å². The number of anilines is 2. The molecule has 1 aliphatic rings. The smallest absolute Gasteiger partial charge is 0.399 e. The molecule has 3 N–H and O–H groups in total. The standard InChI is InChI=1S/C22H16F3N5O2/c1-11-17(29-10-13-7-8-14(26)9-15(13)20(29)31)21(32)30-19(27-11)16(12-5-3-2-4-6-12)18(28-30)22(23,24)25/h2-9,27H,10,26H2,1H3. The Morgan fingerprint density at radius 3 is 2.50 bits per heavy atom. The van der Waals surface area contributed by atoms with Gasteiger partial charge in [0.1, 0.15) is 11.3 Å². The van der Waals surface area contributed by atoms with Crippen LogP contribution in [0.25, 0.3) is 16.8 Å². The summed E-state index contributed by atoms with van der Waals surface area (Å²) < 4.78 is 42.1. The van der Waals surface area contributed by atoms with E-state index in [1.165, 1.54) is 30.0 Å². The summed E-state index contributed by atoms with van der Waals surface area (Å²) in [5.74, 6) is -0.452. The summed E-state index contributed by atoms with van der Waals surface area (Å²) >= 11 is 0. The lowest BCUT2D eigenvalue weighted by Gasteiger charge is -2.17. The second-order valence-electron chi connectivity index (χ2n) is 7.56. The van der Waals surface area contributed by atoms with Gasteiger partial charge in [-0.1, -0.05) is 36.4 Å². The molecule has 2 aromatic heterocycles. The van der Waals surface area contributed by atoms with E-state index in [2.05, 4.69) is 10.1 Å². The van der Waals surface area contributed by atoms with Gasteiger partial charge in [0.25, 0.3) is 11.5 Å². The molecule has 0 atom stereocenters. The number of aromatic amines is 1. The molecule has 5 rings (SSSR count). The van der Waals surface area contributed by atoms with Gasteiger partial charge in [0, 0.05) is 16.9 Å². The molecule has 10 heteroatoms. The van der Waals surface area contributed by atoms with E-state index >= 15 is 0 Å². The first-order valence-corrected chi connectivity index (χ1v) is 9.65. The Kier molecular flexibility index (Phi) is 4.16. The van der Waals surface area contributed by atoms with Crippen molar-refractivity contribution in [2.75, 3.05) is 10.6 Å². The molecule has 0 aliphatic carbocycles. The highest BCUT2D eigenvalue weighted by Gasteiger charge is 2.40. The van der Waals surface area contributed by atoms with Gasteiger partial charge in [-0.25, -0.2) is 0 Å². The number of amides is 1. The van der Waals surface area contributed by atoms with Crippen molar-refractivity contribution in [2.45, 2.75) is 19.6 Å². The second kappa shape index (κ2) is 6.71. The summed E-state index contributed by atoms with van der Waals surface area (Å²) in [7, 11) is 0. The summed E-state index contributed by atoms with van der Waals surface area (Å²) in [6.07, 6.45) is -4.79. The third-order valence-corrected chi connectivity index (χ3v) is 5.48. The van der Waals surface area contributed by atoms with Crippen LogP contribution >= 0.6 is 0 Å². The number of fused-ring (bicyclic) bond motifs is 2. The van der Waals surface area contributed by atoms with E-state index in [-0.39, 0.29) is 34.7 Å². The molecule has 1 aliphatic heterocycles. The Balaban J connectivity index is 1.75. The molecule has 0 fully saturated rings. The molecular formula is C22H16F3N5O2. The molecule has 0 spiro atoms. The highest BCUT2D eigenvalue weighted by molar-refractivity contribution is 6.10. The van der Waals surface area contributed by atoms with E-state index in [0.717, 1.165) is 0 Å². The van der Waals surface area contributed by atoms with Gasteiger partial charge >= 0.3 is 6.18 Å². The zero-order chi connectivity index (χ0) is 22.8. The van der Waals surface area contributed by atoms with Crippen molar-refractivity contribution in [1.29, 1.82) is 0 Å². The lowest BCUT2D eigenvalue weighted by Crippen LogP contribution is -2.32. The van der Waals surface area contributed by atoms with Crippen LogP contribution in [0.1, 0.15) is 27.3 Å². The number of H-pyrrole nitrogens is 1. The van der Waals surface area contributed by atoms with Gasteiger partial charge < -0.3 is 10.7 Å². The topological polar surface area (TPSA) is 96.5 Å². The third kappa shape index (κ3) is 2.87. The minimum Gasteiger partial charge on any atom is -0.399 e. The van der Waals surface area contributed by atoms with E-state index in [1.807, 2.05) is 0 Å². The first-order valence-electron chi connectivity index (χ1n) is 9.65. The maximum atomic E-state index is 13.8. The average molecular weight is 439 g/mol. The number of hydrogen-bond acceptors (Lipinski definition) is 4. The molecule has 3 heterocycles. The highest BCUT2D eigenvalue weighted by atomic mass is 19.4. The zero-order valence-electron chi connectivity index (χ0n) is 16.7. The molecule has 0 radical (unpaired) electrons. The number of carbonyl (C=O) groups is 1. The quantitative estimate of drug-likeness (QED) is 0.465. The van der Waals surface area contributed by atoms with Crippen molar-refractivity contribution in [3.05, 3.63) is 81.4 Å². The van der Waals surface area contributed by atoms with Gasteiger partial charge in [-0.2, -0.15) is 22.8 Å². The first kappa shape index (κ1) is 19.9. The molecule has 2 aromatic carbocycles. The number of nitrogens with two attached hydrogens (primary N) is 1. The summed E-state index contributed by atoms with van der Waals surface area (Å²) in [6.45, 7) is 1.64. The van der Waals surface area contributed by atoms with Crippen LogP contribution in [0.3, 0.4) is 0 Å². The highest BCUT2D eigenvalue weighted by Crippen LogP contribution is 2.38. The predicted molar refractivity (Wildman–Crippen MR) is 112 cm³/mol. The van der Waals surface area contributed by atoms with Crippen molar-refractivity contribution in [3.63, 3.8) is 0 Å². The molecule has 0 saturated carbocycles. The molecular weight excluding hydrogens is 423 g/mol. The van der Waals surface area contributed by atoms with Gasteiger partial charge in [0.15, 0.2) is 5.69 Å². The van der Waals surface area contributed by atoms with Crippen molar-refractivity contribution in [2.24, 2.45) is 0 Å². The molecule has 0 saturated heterocycles. The number of rotatable bonds is 2. The van der Waals surface area contributed by atoms with Crippen molar-refractivity contribution in [1.82, 2.24) is 14.6 Å². The maximum absolute atomic E-state index is 13.8. The fourth-order valence-electron chi connectivity index (χ4n) is 4.07. The Hall–Kier alpha value is -4.08. The minimum atomic E-state index is -4.79. The monoisotopic (exact) mass is 439 g/mol. The molecule has 0 unspecified atom stereocenters. The third-order valence-electron chi connectivity index (χ3n) is 5.48. The summed E-state index contributed by atoms with van der Waals surface area (Å²) in [5, 5.41) is 3.61. The first-order chi connectivity index (χ1) is 15.2. The number of carbonyl (C=O) groups excluding carboxylic acids is 1. The van der Waals surface area contributed by atoms with Crippen LogP contribution in [0.5, 0.6) is 0 Å². The number of alkyl halides is 3. The fraction of sp³-hybridized carbons (Fsp3) is 0.136. The maximum Gasteiger partial charge on any atom is 0.435 e. The van der Waals surface area contributed by atoms with Gasteiger partial charge in [-0.15, -0.1) is 0 Å². The number of nitrogens with one attached hydrogen (secondary N) is 1. The minimum absolute atomic E-state index is 0.0619. The second-order valence-corrected chi connectivity index (χ2v) is 7.56. The molecule has 32 heavy (non-hydrogen) atoms. The number of hydrogen-bond donors (Lipinski definition) is 2. The van der Waals surface area contributed by atoms with Crippen LogP contribution in [-0.4, -0.2) is 20.5 Å². The van der Waals surface area contributed by atoms with Crippen molar-refractivity contribution < 1.29 is 18.0 Å². The van der Waals surface area contributed by atoms with E-state index < -0.39 is 23.3 Å². The summed E-state index contributed by atoms with van der Waals surface area (Å²) in [4.78, 5) is 30.4. The number of aromatic nitrogens is 3. The SMILES string of the molecule is Cc1[nH]c2c(-c3ccccc3)c(C(F)(F)F)nn2c(=O)c1N1Cc2ccc(N)cc2C1=O. The Morgan fingerprint density at radius 1 is 1.09 bits per heavy atom. The fourth-order valence-corrected chi connectivity index (χ4v) is 4.07. The van der Waals surface area contributed by atoms with E-state index in [0.29, 0.717) is 21.3 Å². The largest absolute Gasteiger partial charge is 0.435 e. The van der Waals surface area contributed by atoms with E-state index in [4.69, 9.17) is 5.73 Å². The lowest BCUT2D eigenvalue weighted by molar-refractivity contribution is -0.140. The number of aryl methyl sites for hydroxylation is 1. The van der Waals surface area contributed by atoms with Crippen LogP contribution in [0.2, 0.25) is 0 Å². The van der Waals surface area contributed by atoms with Crippen LogP contribution in [0, 0.1) is 6.92 Å². The molecule has 162 valence electrons. The van der Waals surface area contributed by atoms with Gasteiger partial charge in [-0.3, -0.25) is 14.5 Å². The Labute approximate surface area is 178 Å². The van der Waals surface area contributed by atoms with Crippen molar-refractivity contribution in [3.8, 4) is 11.1 Å². The number of halogens is 3. The predicted octanol–water partition coefficient (Wildman–Crippen LogP) is 3.76. The van der Waals surface area contributed by atoms with Gasteiger partial charge in [0.05, 0.1) is 12.1 Å². The van der Waals surface area contributed by atoms with Gasteiger partial charge in [-0.05, 0) is 30.2 Å². The van der Waals surface area contributed by atoms with Crippen molar-refractivity contribution >= 4 is 22.9 Å². The lowest BCUT2D eigenvalue weighted by atomic mass is 10.1. The van der Waals surface area contributed by atoms with Crippen LogP contribution in [-0.2, 0) is 12.7 Å².